The lowest BCUT2D eigenvalue weighted by molar-refractivity contribution is 0.0527. The fraction of sp³-hybridized carbons (Fsp3) is 0.500. The molecule has 6 nitrogen and oxygen atoms in total. The number of rotatable bonds is 8. The second-order valence-corrected chi connectivity index (χ2v) is 6.20. The van der Waals surface area contributed by atoms with E-state index >= 15 is 0 Å². The van der Waals surface area contributed by atoms with Crippen molar-refractivity contribution in [3.63, 3.8) is 0 Å². The van der Waals surface area contributed by atoms with Gasteiger partial charge < -0.3 is 14.0 Å². The third-order valence-corrected chi connectivity index (χ3v) is 4.69. The Morgan fingerprint density at radius 3 is 2.46 bits per heavy atom. The Bertz CT molecular complexity index is 824. The topological polar surface area (TPSA) is 60.8 Å². The van der Waals surface area contributed by atoms with Gasteiger partial charge in [-0.05, 0) is 45.1 Å². The van der Waals surface area contributed by atoms with Crippen LogP contribution in [0.25, 0.3) is 10.8 Å². The second kappa shape index (κ2) is 8.85. The highest BCUT2D eigenvalue weighted by Gasteiger charge is 2.18. The molecular weight excluding hydrogens is 332 g/mol. The molecule has 0 aliphatic heterocycles. The van der Waals surface area contributed by atoms with E-state index in [0.717, 1.165) is 13.1 Å². The van der Waals surface area contributed by atoms with E-state index in [-0.39, 0.29) is 18.2 Å². The summed E-state index contributed by atoms with van der Waals surface area (Å²) in [6.45, 7) is 10.6. The summed E-state index contributed by atoms with van der Waals surface area (Å²) in [7, 11) is 1.55. The molecule has 0 radical (unpaired) electrons. The van der Waals surface area contributed by atoms with Crippen molar-refractivity contribution in [2.24, 2.45) is 0 Å². The van der Waals surface area contributed by atoms with Gasteiger partial charge in [0.15, 0.2) is 0 Å². The lowest BCUT2D eigenvalue weighted by Gasteiger charge is -2.27. The van der Waals surface area contributed by atoms with Crippen molar-refractivity contribution in [3.05, 3.63) is 40.3 Å². The highest BCUT2D eigenvalue weighted by Crippen LogP contribution is 2.22. The first-order valence-corrected chi connectivity index (χ1v) is 9.09. The van der Waals surface area contributed by atoms with Crippen LogP contribution >= 0.6 is 0 Å². The SMILES string of the molecule is CCOC(=O)c1cn(CC(C)N(CC)CC)c(=O)c2cc(OC)ccc12. The first-order valence-electron chi connectivity index (χ1n) is 9.09. The van der Waals surface area contributed by atoms with Gasteiger partial charge >= 0.3 is 5.97 Å². The fourth-order valence-electron chi connectivity index (χ4n) is 3.26. The van der Waals surface area contributed by atoms with E-state index in [4.69, 9.17) is 9.47 Å². The number of hydrogen-bond acceptors (Lipinski definition) is 5. The molecule has 2 rings (SSSR count). The highest BCUT2D eigenvalue weighted by atomic mass is 16.5. The number of carbonyl (C=O) groups is 1. The third kappa shape index (κ3) is 4.07. The number of benzene rings is 1. The van der Waals surface area contributed by atoms with Crippen molar-refractivity contribution in [1.29, 1.82) is 0 Å². The van der Waals surface area contributed by atoms with Gasteiger partial charge in [0.2, 0.25) is 0 Å². The van der Waals surface area contributed by atoms with Gasteiger partial charge in [-0.25, -0.2) is 4.79 Å². The Hall–Kier alpha value is -2.34. The number of fused-ring (bicyclic) bond motifs is 1. The molecule has 0 spiro atoms. The largest absolute Gasteiger partial charge is 0.497 e. The first-order chi connectivity index (χ1) is 12.5. The van der Waals surface area contributed by atoms with Crippen molar-refractivity contribution >= 4 is 16.7 Å². The number of esters is 1. The van der Waals surface area contributed by atoms with Crippen LogP contribution in [0.2, 0.25) is 0 Å². The predicted octanol–water partition coefficient (Wildman–Crippen LogP) is 2.92. The molecule has 0 fully saturated rings. The van der Waals surface area contributed by atoms with Crippen LogP contribution in [-0.2, 0) is 11.3 Å². The molecule has 142 valence electrons. The molecular formula is C20H28N2O4. The number of pyridine rings is 1. The lowest BCUT2D eigenvalue weighted by atomic mass is 10.1. The van der Waals surface area contributed by atoms with Crippen molar-refractivity contribution in [2.45, 2.75) is 40.3 Å². The molecule has 6 heteroatoms. The zero-order valence-corrected chi connectivity index (χ0v) is 16.2. The summed E-state index contributed by atoms with van der Waals surface area (Å²) >= 11 is 0. The van der Waals surface area contributed by atoms with Crippen LogP contribution in [0.1, 0.15) is 38.1 Å². The summed E-state index contributed by atoms with van der Waals surface area (Å²) in [5.41, 5.74) is 0.266. The van der Waals surface area contributed by atoms with Crippen LogP contribution in [0, 0.1) is 0 Å². The maximum absolute atomic E-state index is 13.0. The minimum Gasteiger partial charge on any atom is -0.497 e. The quantitative estimate of drug-likeness (QED) is 0.678. The number of aromatic nitrogens is 1. The normalized spacial score (nSPS) is 12.4. The molecule has 0 N–H and O–H groups in total. The molecule has 2 aromatic rings. The Kier molecular flexibility index (Phi) is 6.80. The summed E-state index contributed by atoms with van der Waals surface area (Å²) in [6, 6.07) is 5.33. The molecule has 1 atom stereocenters. The molecule has 26 heavy (non-hydrogen) atoms. The van der Waals surface area contributed by atoms with E-state index in [1.165, 1.54) is 0 Å². The zero-order valence-electron chi connectivity index (χ0n) is 16.2. The van der Waals surface area contributed by atoms with Crippen molar-refractivity contribution in [1.82, 2.24) is 9.47 Å². The summed E-state index contributed by atoms with van der Waals surface area (Å²) in [5.74, 6) is 0.158. The Labute approximate surface area is 154 Å². The number of ether oxygens (including phenoxy) is 2. The average Bonchev–Trinajstić information content (AvgIpc) is 2.64. The van der Waals surface area contributed by atoms with Gasteiger partial charge in [0.25, 0.3) is 5.56 Å². The van der Waals surface area contributed by atoms with E-state index in [1.54, 1.807) is 43.0 Å². The van der Waals surface area contributed by atoms with E-state index in [1.807, 2.05) is 0 Å². The number of hydrogen-bond donors (Lipinski definition) is 0. The molecule has 0 aliphatic rings. The molecule has 0 bridgehead atoms. The van der Waals surface area contributed by atoms with E-state index in [0.29, 0.717) is 28.6 Å². The Morgan fingerprint density at radius 1 is 1.19 bits per heavy atom. The molecule has 1 unspecified atom stereocenters. The van der Waals surface area contributed by atoms with Crippen molar-refractivity contribution in [3.8, 4) is 5.75 Å². The van der Waals surface area contributed by atoms with E-state index in [2.05, 4.69) is 25.7 Å². The van der Waals surface area contributed by atoms with Gasteiger partial charge in [-0.1, -0.05) is 13.8 Å². The van der Waals surface area contributed by atoms with Crippen molar-refractivity contribution in [2.75, 3.05) is 26.8 Å². The van der Waals surface area contributed by atoms with Gasteiger partial charge in [0.05, 0.1) is 24.7 Å². The van der Waals surface area contributed by atoms with Gasteiger partial charge in [-0.2, -0.15) is 0 Å². The van der Waals surface area contributed by atoms with Crippen LogP contribution in [0.15, 0.2) is 29.2 Å². The van der Waals surface area contributed by atoms with Crippen LogP contribution < -0.4 is 10.3 Å². The standard InChI is InChI=1S/C20H28N2O4/c1-6-21(7-2)14(4)12-22-13-18(20(24)26-8-3)16-10-9-15(25-5)11-17(16)19(22)23/h9-11,13-14H,6-8,12H2,1-5H3. The molecule has 0 amide bonds. The van der Waals surface area contributed by atoms with Crippen LogP contribution in [0.5, 0.6) is 5.75 Å². The Balaban J connectivity index is 2.60. The number of methoxy groups -OCH3 is 1. The lowest BCUT2D eigenvalue weighted by Crippen LogP contribution is -2.38. The van der Waals surface area contributed by atoms with Gasteiger partial charge in [0.1, 0.15) is 5.75 Å². The third-order valence-electron chi connectivity index (χ3n) is 4.69. The van der Waals surface area contributed by atoms with Crippen LogP contribution in [0.3, 0.4) is 0 Å². The number of likely N-dealkylation sites (N-methyl/N-ethyl adjacent to an activating group) is 1. The van der Waals surface area contributed by atoms with Crippen LogP contribution in [0.4, 0.5) is 0 Å². The molecule has 1 aromatic heterocycles. The van der Waals surface area contributed by atoms with Crippen molar-refractivity contribution < 1.29 is 14.3 Å². The van der Waals surface area contributed by atoms with E-state index in [9.17, 15) is 9.59 Å². The molecule has 0 saturated carbocycles. The minimum absolute atomic E-state index is 0.133. The highest BCUT2D eigenvalue weighted by molar-refractivity contribution is 6.04. The summed E-state index contributed by atoms with van der Waals surface area (Å²) in [4.78, 5) is 27.7. The predicted molar refractivity (Wildman–Crippen MR) is 103 cm³/mol. The summed E-state index contributed by atoms with van der Waals surface area (Å²) < 4.78 is 12.0. The zero-order chi connectivity index (χ0) is 19.3. The monoisotopic (exact) mass is 360 g/mol. The Morgan fingerprint density at radius 2 is 1.88 bits per heavy atom. The van der Waals surface area contributed by atoms with Gasteiger partial charge in [-0.3, -0.25) is 9.69 Å². The molecule has 0 aliphatic carbocycles. The maximum Gasteiger partial charge on any atom is 0.340 e. The smallest absolute Gasteiger partial charge is 0.340 e. The fourth-order valence-corrected chi connectivity index (χ4v) is 3.26. The minimum atomic E-state index is -0.424. The average molecular weight is 360 g/mol. The van der Waals surface area contributed by atoms with E-state index < -0.39 is 5.97 Å². The van der Waals surface area contributed by atoms with Gasteiger partial charge in [0, 0.05) is 24.2 Å². The van der Waals surface area contributed by atoms with Gasteiger partial charge in [-0.15, -0.1) is 0 Å². The molecule has 0 saturated heterocycles. The summed E-state index contributed by atoms with van der Waals surface area (Å²) in [6.07, 6.45) is 1.62. The maximum atomic E-state index is 13.0. The number of carbonyl (C=O) groups excluding carboxylic acids is 1. The first kappa shape index (κ1) is 20.0. The van der Waals surface area contributed by atoms with Crippen LogP contribution in [-0.4, -0.2) is 48.3 Å². The molecule has 1 aromatic carbocycles. The summed E-state index contributed by atoms with van der Waals surface area (Å²) in [5, 5.41) is 1.04. The molecule has 1 heterocycles. The number of nitrogens with zero attached hydrogens (tertiary/aromatic N) is 2. The second-order valence-electron chi connectivity index (χ2n) is 6.20.